The van der Waals surface area contributed by atoms with Gasteiger partial charge in [0.05, 0.1) is 19.7 Å². The van der Waals surface area contributed by atoms with Crippen LogP contribution in [0.25, 0.3) is 0 Å². The van der Waals surface area contributed by atoms with Crippen LogP contribution in [0.3, 0.4) is 0 Å². The van der Waals surface area contributed by atoms with Crippen LogP contribution in [0, 0.1) is 0 Å². The summed E-state index contributed by atoms with van der Waals surface area (Å²) in [6.45, 7) is 6.67. The van der Waals surface area contributed by atoms with Crippen LogP contribution in [-0.2, 0) is 13.1 Å². The van der Waals surface area contributed by atoms with Gasteiger partial charge in [0.25, 0.3) is 0 Å². The maximum absolute atomic E-state index is 5.87. The van der Waals surface area contributed by atoms with Crippen molar-refractivity contribution in [3.63, 3.8) is 0 Å². The van der Waals surface area contributed by atoms with E-state index in [0.29, 0.717) is 30.5 Å². The molecular weight excluding hydrogens is 384 g/mol. The first-order chi connectivity index (χ1) is 14.3. The molecule has 0 radical (unpaired) electrons. The van der Waals surface area contributed by atoms with Crippen LogP contribution in [0.5, 0.6) is 17.4 Å². The van der Waals surface area contributed by atoms with Gasteiger partial charge >= 0.3 is 0 Å². The molecule has 0 aliphatic carbocycles. The van der Waals surface area contributed by atoms with Crippen LogP contribution in [0.4, 0.5) is 0 Å². The number of nitrogens with one attached hydrogen (secondary N) is 2. The average Bonchev–Trinajstić information content (AvgIpc) is 3.26. The number of ether oxygens (including phenoxy) is 2. The van der Waals surface area contributed by atoms with E-state index in [1.807, 2.05) is 49.4 Å². The van der Waals surface area contributed by atoms with Gasteiger partial charge in [-0.1, -0.05) is 24.3 Å². The molecule has 3 aromatic rings. The van der Waals surface area contributed by atoms with Crippen molar-refractivity contribution in [1.82, 2.24) is 15.6 Å². The Labute approximate surface area is 175 Å². The quantitative estimate of drug-likeness (QED) is 0.399. The number of guanidine groups is 1. The standard InChI is InChI=1S/C22H26N4O2S/c1-3-23-22(26-16-18-8-7-13-29-18)25-15-17-11-12-21(24-14-17)28-20-10-6-5-9-19(20)27-4-2/h5-14H,3-4,15-16H2,1-2H3,(H2,23,25,26). The maximum Gasteiger partial charge on any atom is 0.219 e. The van der Waals surface area contributed by atoms with Gasteiger partial charge in [-0.2, -0.15) is 0 Å². The number of thiophene rings is 1. The monoisotopic (exact) mass is 410 g/mol. The van der Waals surface area contributed by atoms with Gasteiger partial charge < -0.3 is 20.1 Å². The zero-order valence-electron chi connectivity index (χ0n) is 16.7. The number of para-hydroxylation sites is 2. The first kappa shape index (κ1) is 20.7. The Morgan fingerprint density at radius 2 is 1.90 bits per heavy atom. The molecular formula is C22H26N4O2S. The molecule has 2 heterocycles. The fourth-order valence-corrected chi connectivity index (χ4v) is 3.23. The minimum Gasteiger partial charge on any atom is -0.490 e. The lowest BCUT2D eigenvalue weighted by Crippen LogP contribution is -2.36. The maximum atomic E-state index is 5.87. The topological polar surface area (TPSA) is 67.8 Å². The van der Waals surface area contributed by atoms with Crippen LogP contribution < -0.4 is 20.1 Å². The first-order valence-electron chi connectivity index (χ1n) is 9.67. The van der Waals surface area contributed by atoms with Crippen molar-refractivity contribution in [3.8, 4) is 17.4 Å². The van der Waals surface area contributed by atoms with Crippen LogP contribution in [-0.4, -0.2) is 24.1 Å². The summed E-state index contributed by atoms with van der Waals surface area (Å²) >= 11 is 1.73. The lowest BCUT2D eigenvalue weighted by molar-refractivity contribution is 0.319. The molecule has 152 valence electrons. The average molecular weight is 411 g/mol. The van der Waals surface area contributed by atoms with E-state index in [1.165, 1.54) is 4.88 Å². The zero-order chi connectivity index (χ0) is 20.3. The Kier molecular flexibility index (Phi) is 7.89. The number of aliphatic imine (C=N–C) groups is 1. The van der Waals surface area contributed by atoms with Crippen LogP contribution in [0.15, 0.2) is 65.1 Å². The Balaban J connectivity index is 1.59. The molecule has 0 saturated carbocycles. The smallest absolute Gasteiger partial charge is 0.219 e. The molecule has 0 aliphatic heterocycles. The molecule has 29 heavy (non-hydrogen) atoms. The molecule has 0 atom stereocenters. The van der Waals surface area contributed by atoms with Gasteiger partial charge in [-0.3, -0.25) is 0 Å². The summed E-state index contributed by atoms with van der Waals surface area (Å²) in [4.78, 5) is 10.3. The van der Waals surface area contributed by atoms with Crippen molar-refractivity contribution in [2.45, 2.75) is 26.9 Å². The molecule has 2 aromatic heterocycles. The number of pyridine rings is 1. The minimum atomic E-state index is 0.521. The highest BCUT2D eigenvalue weighted by Gasteiger charge is 2.06. The highest BCUT2D eigenvalue weighted by molar-refractivity contribution is 7.09. The Morgan fingerprint density at radius 1 is 1.03 bits per heavy atom. The lowest BCUT2D eigenvalue weighted by Gasteiger charge is -2.11. The van der Waals surface area contributed by atoms with Crippen molar-refractivity contribution in [2.24, 2.45) is 4.99 Å². The second kappa shape index (κ2) is 11.1. The van der Waals surface area contributed by atoms with E-state index < -0.39 is 0 Å². The van der Waals surface area contributed by atoms with E-state index in [0.717, 1.165) is 24.6 Å². The van der Waals surface area contributed by atoms with Gasteiger partial charge in [-0.15, -0.1) is 11.3 Å². The Bertz CT molecular complexity index is 895. The third-order valence-corrected chi connectivity index (χ3v) is 4.81. The molecule has 0 unspecified atom stereocenters. The van der Waals surface area contributed by atoms with Crippen molar-refractivity contribution in [2.75, 3.05) is 13.2 Å². The number of nitrogens with zero attached hydrogens (tertiary/aromatic N) is 2. The summed E-state index contributed by atoms with van der Waals surface area (Å²) in [5.41, 5.74) is 1.00. The molecule has 0 bridgehead atoms. The summed E-state index contributed by atoms with van der Waals surface area (Å²) in [5, 5.41) is 8.68. The molecule has 2 N–H and O–H groups in total. The van der Waals surface area contributed by atoms with E-state index in [1.54, 1.807) is 17.5 Å². The minimum absolute atomic E-state index is 0.521. The van der Waals surface area contributed by atoms with E-state index in [2.05, 4.69) is 39.0 Å². The summed E-state index contributed by atoms with van der Waals surface area (Å²) in [6, 6.07) is 15.5. The number of hydrogen-bond donors (Lipinski definition) is 2. The van der Waals surface area contributed by atoms with E-state index in [9.17, 15) is 0 Å². The van der Waals surface area contributed by atoms with E-state index >= 15 is 0 Å². The van der Waals surface area contributed by atoms with E-state index in [-0.39, 0.29) is 0 Å². The summed E-state index contributed by atoms with van der Waals surface area (Å²) < 4.78 is 11.5. The van der Waals surface area contributed by atoms with Gasteiger partial charge in [0.1, 0.15) is 0 Å². The molecule has 0 fully saturated rings. The molecule has 1 aromatic carbocycles. The number of rotatable bonds is 9. The summed E-state index contributed by atoms with van der Waals surface area (Å²) in [5.74, 6) is 2.66. The zero-order valence-corrected chi connectivity index (χ0v) is 17.5. The predicted molar refractivity (Wildman–Crippen MR) is 118 cm³/mol. The highest BCUT2D eigenvalue weighted by Crippen LogP contribution is 2.30. The molecule has 0 amide bonds. The SMILES string of the molecule is CCNC(=NCc1ccc(Oc2ccccc2OCC)nc1)NCc1cccs1. The van der Waals surface area contributed by atoms with Gasteiger partial charge in [0, 0.05) is 23.7 Å². The van der Waals surface area contributed by atoms with Crippen LogP contribution in [0.2, 0.25) is 0 Å². The summed E-state index contributed by atoms with van der Waals surface area (Å²) in [6.07, 6.45) is 1.78. The first-order valence-corrected chi connectivity index (χ1v) is 10.6. The van der Waals surface area contributed by atoms with Crippen molar-refractivity contribution < 1.29 is 9.47 Å². The van der Waals surface area contributed by atoms with E-state index in [4.69, 9.17) is 9.47 Å². The second-order valence-corrected chi connectivity index (χ2v) is 7.15. The number of aromatic nitrogens is 1. The largest absolute Gasteiger partial charge is 0.490 e. The van der Waals surface area contributed by atoms with Crippen molar-refractivity contribution in [3.05, 3.63) is 70.5 Å². The molecule has 0 saturated heterocycles. The molecule has 3 rings (SSSR count). The van der Waals surface area contributed by atoms with Crippen LogP contribution in [0.1, 0.15) is 24.3 Å². The third kappa shape index (κ3) is 6.50. The Morgan fingerprint density at radius 3 is 2.59 bits per heavy atom. The summed E-state index contributed by atoms with van der Waals surface area (Å²) in [7, 11) is 0. The van der Waals surface area contributed by atoms with Crippen LogP contribution >= 0.6 is 11.3 Å². The van der Waals surface area contributed by atoms with Crippen molar-refractivity contribution in [1.29, 1.82) is 0 Å². The van der Waals surface area contributed by atoms with Gasteiger partial charge in [0.2, 0.25) is 5.88 Å². The second-order valence-electron chi connectivity index (χ2n) is 6.11. The van der Waals surface area contributed by atoms with Crippen molar-refractivity contribution >= 4 is 17.3 Å². The van der Waals surface area contributed by atoms with Gasteiger partial charge in [-0.05, 0) is 43.0 Å². The fraction of sp³-hybridized carbons (Fsp3) is 0.273. The van der Waals surface area contributed by atoms with Gasteiger partial charge in [0.15, 0.2) is 17.5 Å². The normalized spacial score (nSPS) is 11.2. The number of benzene rings is 1. The molecule has 6 nitrogen and oxygen atoms in total. The van der Waals surface area contributed by atoms with Gasteiger partial charge in [-0.25, -0.2) is 9.98 Å². The highest BCUT2D eigenvalue weighted by atomic mass is 32.1. The number of hydrogen-bond acceptors (Lipinski definition) is 5. The molecule has 0 aliphatic rings. The molecule has 7 heteroatoms. The fourth-order valence-electron chi connectivity index (χ4n) is 2.58. The third-order valence-electron chi connectivity index (χ3n) is 3.94. The predicted octanol–water partition coefficient (Wildman–Crippen LogP) is 4.59. The lowest BCUT2D eigenvalue weighted by atomic mass is 10.3. The Hall–Kier alpha value is -3.06. The molecule has 0 spiro atoms.